The van der Waals surface area contributed by atoms with Crippen LogP contribution in [0.5, 0.6) is 0 Å². The summed E-state index contributed by atoms with van der Waals surface area (Å²) < 4.78 is 9.74. The van der Waals surface area contributed by atoms with E-state index in [-0.39, 0.29) is 5.97 Å². The fourth-order valence-electron chi connectivity index (χ4n) is 1.07. The van der Waals surface area contributed by atoms with E-state index < -0.39 is 0 Å². The molecule has 0 aromatic heterocycles. The zero-order valence-corrected chi connectivity index (χ0v) is 9.17. The lowest BCUT2D eigenvalue weighted by atomic mass is 10.1. The van der Waals surface area contributed by atoms with Crippen molar-refractivity contribution in [2.45, 2.75) is 39.0 Å². The van der Waals surface area contributed by atoms with Crippen molar-refractivity contribution in [1.29, 1.82) is 0 Å². The Kier molecular flexibility index (Phi) is 7.99. The van der Waals surface area contributed by atoms with E-state index in [1.807, 2.05) is 6.92 Å². The topological polar surface area (TPSA) is 35.5 Å². The van der Waals surface area contributed by atoms with Crippen LogP contribution in [0.3, 0.4) is 0 Å². The molecular weight excluding hydrogens is 180 g/mol. The second-order valence-corrected chi connectivity index (χ2v) is 3.29. The van der Waals surface area contributed by atoms with Crippen molar-refractivity contribution in [2.24, 2.45) is 0 Å². The van der Waals surface area contributed by atoms with Crippen molar-refractivity contribution in [3.63, 3.8) is 0 Å². The van der Waals surface area contributed by atoms with Gasteiger partial charge in [-0.05, 0) is 19.8 Å². The molecule has 0 saturated carbocycles. The largest absolute Gasteiger partial charge is 0.499 e. The molecule has 0 amide bonds. The van der Waals surface area contributed by atoms with Crippen LogP contribution in [-0.2, 0) is 14.3 Å². The molecule has 0 rings (SSSR count). The Morgan fingerprint density at radius 1 is 1.21 bits per heavy atom. The zero-order chi connectivity index (χ0) is 10.8. The van der Waals surface area contributed by atoms with Gasteiger partial charge in [-0.25, -0.2) is 0 Å². The van der Waals surface area contributed by atoms with Crippen molar-refractivity contribution in [3.8, 4) is 0 Å². The molecule has 0 heterocycles. The molecule has 0 atom stereocenters. The molecule has 0 fully saturated rings. The minimum absolute atomic E-state index is 0.122. The minimum Gasteiger partial charge on any atom is -0.499 e. The molecule has 0 radical (unpaired) electrons. The van der Waals surface area contributed by atoms with Crippen LogP contribution in [0.15, 0.2) is 12.3 Å². The van der Waals surface area contributed by atoms with Gasteiger partial charge in [-0.1, -0.05) is 19.4 Å². The van der Waals surface area contributed by atoms with Gasteiger partial charge in [0.25, 0.3) is 0 Å². The molecule has 0 aliphatic carbocycles. The molecule has 0 aromatic rings. The Morgan fingerprint density at radius 3 is 2.43 bits per heavy atom. The van der Waals surface area contributed by atoms with Crippen LogP contribution in [0, 0.1) is 0 Å². The molecule has 14 heavy (non-hydrogen) atoms. The monoisotopic (exact) mass is 200 g/mol. The summed E-state index contributed by atoms with van der Waals surface area (Å²) in [6, 6.07) is 0. The van der Waals surface area contributed by atoms with Gasteiger partial charge in [0.2, 0.25) is 0 Å². The summed E-state index contributed by atoms with van der Waals surface area (Å²) in [6.07, 6.45) is 4.59. The van der Waals surface area contributed by atoms with Gasteiger partial charge in [-0.2, -0.15) is 0 Å². The smallest absolute Gasteiger partial charge is 0.305 e. The van der Waals surface area contributed by atoms with E-state index in [0.717, 1.165) is 38.0 Å². The van der Waals surface area contributed by atoms with E-state index in [2.05, 4.69) is 11.3 Å². The van der Waals surface area contributed by atoms with Crippen molar-refractivity contribution in [2.75, 3.05) is 13.7 Å². The summed E-state index contributed by atoms with van der Waals surface area (Å²) in [5.41, 5.74) is 0. The first-order valence-electron chi connectivity index (χ1n) is 5.02. The third-order valence-electron chi connectivity index (χ3n) is 1.85. The number of ether oxygens (including phenoxy) is 2. The number of unbranched alkanes of at least 4 members (excludes halogenated alkanes) is 3. The number of hydrogen-bond donors (Lipinski definition) is 0. The fourth-order valence-corrected chi connectivity index (χ4v) is 1.07. The fraction of sp³-hybridized carbons (Fsp3) is 0.727. The molecule has 0 aliphatic heterocycles. The highest BCUT2D eigenvalue weighted by atomic mass is 16.5. The highest BCUT2D eigenvalue weighted by Crippen LogP contribution is 2.04. The molecule has 0 aromatic carbocycles. The lowest BCUT2D eigenvalue weighted by Gasteiger charge is -2.04. The van der Waals surface area contributed by atoms with E-state index in [9.17, 15) is 4.79 Å². The predicted octanol–water partition coefficient (Wildman–Crippen LogP) is 2.66. The van der Waals surface area contributed by atoms with Crippen LogP contribution in [-0.4, -0.2) is 19.7 Å². The summed E-state index contributed by atoms with van der Waals surface area (Å²) >= 11 is 0. The van der Waals surface area contributed by atoms with Gasteiger partial charge in [0.15, 0.2) is 0 Å². The third-order valence-corrected chi connectivity index (χ3v) is 1.85. The molecule has 0 unspecified atom stereocenters. The summed E-state index contributed by atoms with van der Waals surface area (Å²) in [5.74, 6) is 0.641. The first-order valence-corrected chi connectivity index (χ1v) is 5.02. The van der Waals surface area contributed by atoms with Crippen LogP contribution >= 0.6 is 0 Å². The van der Waals surface area contributed by atoms with Crippen molar-refractivity contribution < 1.29 is 14.3 Å². The van der Waals surface area contributed by atoms with E-state index in [0.29, 0.717) is 6.42 Å². The average Bonchev–Trinajstić information content (AvgIpc) is 2.15. The van der Waals surface area contributed by atoms with Gasteiger partial charge in [0, 0.05) is 6.42 Å². The first-order chi connectivity index (χ1) is 6.66. The number of hydrogen-bond acceptors (Lipinski definition) is 3. The Labute approximate surface area is 86.1 Å². The summed E-state index contributed by atoms with van der Waals surface area (Å²) in [4.78, 5) is 10.7. The second kappa shape index (κ2) is 8.60. The number of carbonyl (C=O) groups excluding carboxylic acids is 1. The normalized spacial score (nSPS) is 9.57. The number of allylic oxidation sites excluding steroid dienone is 1. The Bertz CT molecular complexity index is 175. The lowest BCUT2D eigenvalue weighted by Crippen LogP contribution is -1.99. The quantitative estimate of drug-likeness (QED) is 0.343. The van der Waals surface area contributed by atoms with E-state index in [1.165, 1.54) is 7.11 Å². The minimum atomic E-state index is -0.122. The molecule has 3 heteroatoms. The van der Waals surface area contributed by atoms with Crippen LogP contribution in [0.4, 0.5) is 0 Å². The standard InChI is InChI=1S/C11H20O3/c1-10(2)14-9-7-5-4-6-8-11(12)13-3/h1,4-9H2,2-3H3. The average molecular weight is 200 g/mol. The Hall–Kier alpha value is -0.990. The van der Waals surface area contributed by atoms with Crippen LogP contribution in [0.25, 0.3) is 0 Å². The van der Waals surface area contributed by atoms with E-state index in [1.54, 1.807) is 0 Å². The van der Waals surface area contributed by atoms with Gasteiger partial charge in [-0.3, -0.25) is 4.79 Å². The summed E-state index contributed by atoms with van der Waals surface area (Å²) in [6.45, 7) is 6.21. The third kappa shape index (κ3) is 9.10. The first kappa shape index (κ1) is 13.0. The lowest BCUT2D eigenvalue weighted by molar-refractivity contribution is -0.140. The number of rotatable bonds is 8. The molecule has 0 aliphatic rings. The number of methoxy groups -OCH3 is 1. The summed E-state index contributed by atoms with van der Waals surface area (Å²) in [5, 5.41) is 0. The predicted molar refractivity (Wildman–Crippen MR) is 55.9 cm³/mol. The van der Waals surface area contributed by atoms with Gasteiger partial charge >= 0.3 is 5.97 Å². The second-order valence-electron chi connectivity index (χ2n) is 3.29. The van der Waals surface area contributed by atoms with Gasteiger partial charge in [-0.15, -0.1) is 0 Å². The molecule has 0 saturated heterocycles. The maximum atomic E-state index is 10.7. The maximum Gasteiger partial charge on any atom is 0.305 e. The Balaban J connectivity index is 3.06. The highest BCUT2D eigenvalue weighted by Gasteiger charge is 1.98. The van der Waals surface area contributed by atoms with Crippen LogP contribution in [0.2, 0.25) is 0 Å². The van der Waals surface area contributed by atoms with Gasteiger partial charge < -0.3 is 9.47 Å². The molecule has 3 nitrogen and oxygen atoms in total. The molecule has 0 bridgehead atoms. The SMILES string of the molecule is C=C(C)OCCCCCCC(=O)OC. The maximum absolute atomic E-state index is 10.7. The van der Waals surface area contributed by atoms with Gasteiger partial charge in [0.1, 0.15) is 0 Å². The molecule has 0 spiro atoms. The number of carbonyl (C=O) groups is 1. The zero-order valence-electron chi connectivity index (χ0n) is 9.17. The van der Waals surface area contributed by atoms with Crippen molar-refractivity contribution >= 4 is 5.97 Å². The molecular formula is C11H20O3. The highest BCUT2D eigenvalue weighted by molar-refractivity contribution is 5.68. The van der Waals surface area contributed by atoms with E-state index >= 15 is 0 Å². The summed E-state index contributed by atoms with van der Waals surface area (Å²) in [7, 11) is 1.42. The van der Waals surface area contributed by atoms with Crippen molar-refractivity contribution in [3.05, 3.63) is 12.3 Å². The number of esters is 1. The van der Waals surface area contributed by atoms with Crippen molar-refractivity contribution in [1.82, 2.24) is 0 Å². The van der Waals surface area contributed by atoms with Crippen LogP contribution < -0.4 is 0 Å². The molecule has 0 N–H and O–H groups in total. The van der Waals surface area contributed by atoms with Gasteiger partial charge in [0.05, 0.1) is 19.5 Å². The molecule has 82 valence electrons. The van der Waals surface area contributed by atoms with Crippen LogP contribution in [0.1, 0.15) is 39.0 Å². The van der Waals surface area contributed by atoms with E-state index in [4.69, 9.17) is 4.74 Å². The Morgan fingerprint density at radius 2 is 1.86 bits per heavy atom.